The summed E-state index contributed by atoms with van der Waals surface area (Å²) in [5.74, 6) is -0.219. The van der Waals surface area contributed by atoms with Crippen molar-refractivity contribution in [3.05, 3.63) is 82.8 Å². The number of halogens is 1. The fourth-order valence-electron chi connectivity index (χ4n) is 3.90. The van der Waals surface area contributed by atoms with Gasteiger partial charge in [-0.25, -0.2) is 9.37 Å². The van der Waals surface area contributed by atoms with E-state index >= 15 is 0 Å². The van der Waals surface area contributed by atoms with E-state index in [1.54, 1.807) is 6.07 Å². The number of hydrogen-bond acceptors (Lipinski definition) is 3. The van der Waals surface area contributed by atoms with Gasteiger partial charge in [-0.3, -0.25) is 4.79 Å². The first kappa shape index (κ1) is 18.8. The zero-order valence-electron chi connectivity index (χ0n) is 16.5. The molecule has 2 aromatic carbocycles. The van der Waals surface area contributed by atoms with Crippen molar-refractivity contribution in [2.75, 3.05) is 13.1 Å². The van der Waals surface area contributed by atoms with Crippen LogP contribution in [0.15, 0.2) is 60.8 Å². The molecule has 4 nitrogen and oxygen atoms in total. The number of nitrogens with one attached hydrogen (secondary N) is 1. The summed E-state index contributed by atoms with van der Waals surface area (Å²) in [5, 5.41) is 1.88. The topological polar surface area (TPSA) is 49.0 Å². The minimum Gasteiger partial charge on any atom is -0.360 e. The first-order valence-corrected chi connectivity index (χ1v) is 10.7. The number of aromatic nitrogens is 2. The van der Waals surface area contributed by atoms with Gasteiger partial charge in [-0.05, 0) is 37.1 Å². The first-order valence-electron chi connectivity index (χ1n) is 9.88. The fraction of sp³-hybridized carbons (Fsp3) is 0.167. The van der Waals surface area contributed by atoms with Gasteiger partial charge in [0.05, 0.1) is 5.69 Å². The monoisotopic (exact) mass is 417 g/mol. The lowest BCUT2D eigenvalue weighted by Crippen LogP contribution is -2.34. The summed E-state index contributed by atoms with van der Waals surface area (Å²) in [7, 11) is 0. The molecule has 0 radical (unpaired) electrons. The van der Waals surface area contributed by atoms with Crippen LogP contribution in [0.5, 0.6) is 0 Å². The number of carbonyl (C=O) groups is 1. The van der Waals surface area contributed by atoms with Gasteiger partial charge in [0.1, 0.15) is 15.7 Å². The van der Waals surface area contributed by atoms with Crippen LogP contribution in [0.25, 0.3) is 27.0 Å². The summed E-state index contributed by atoms with van der Waals surface area (Å²) in [4.78, 5) is 23.5. The van der Waals surface area contributed by atoms with Crippen LogP contribution in [-0.2, 0) is 0 Å². The van der Waals surface area contributed by atoms with Gasteiger partial charge in [0.2, 0.25) is 0 Å². The second-order valence-corrected chi connectivity index (χ2v) is 8.42. The molecule has 1 amide bonds. The average Bonchev–Trinajstić information content (AvgIpc) is 3.37. The maximum Gasteiger partial charge on any atom is 0.266 e. The van der Waals surface area contributed by atoms with Crippen LogP contribution < -0.4 is 0 Å². The Labute approximate surface area is 177 Å². The van der Waals surface area contributed by atoms with Crippen LogP contribution in [0.3, 0.4) is 0 Å². The third-order valence-electron chi connectivity index (χ3n) is 5.50. The van der Waals surface area contributed by atoms with Crippen molar-refractivity contribution in [2.24, 2.45) is 0 Å². The third-order valence-corrected chi connectivity index (χ3v) is 6.69. The molecule has 2 aromatic heterocycles. The van der Waals surface area contributed by atoms with Gasteiger partial charge in [0, 0.05) is 41.3 Å². The number of hydrogen-bond donors (Lipinski definition) is 1. The van der Waals surface area contributed by atoms with Crippen molar-refractivity contribution in [3.8, 4) is 10.6 Å². The molecular formula is C24H20FN3OS. The summed E-state index contributed by atoms with van der Waals surface area (Å²) in [6, 6.07) is 14.7. The van der Waals surface area contributed by atoms with Crippen LogP contribution in [-0.4, -0.2) is 33.9 Å². The second kappa shape index (κ2) is 7.54. The molecule has 5 rings (SSSR count). The van der Waals surface area contributed by atoms with Gasteiger partial charge in [0.25, 0.3) is 5.91 Å². The largest absolute Gasteiger partial charge is 0.360 e. The molecule has 4 aromatic rings. The molecule has 6 heteroatoms. The van der Waals surface area contributed by atoms with Crippen molar-refractivity contribution in [1.82, 2.24) is 14.9 Å². The lowest BCUT2D eigenvalue weighted by atomic mass is 9.99. The van der Waals surface area contributed by atoms with Crippen LogP contribution >= 0.6 is 11.3 Å². The summed E-state index contributed by atoms with van der Waals surface area (Å²) < 4.78 is 13.4. The minimum atomic E-state index is -0.250. The van der Waals surface area contributed by atoms with E-state index in [0.717, 1.165) is 39.2 Å². The molecule has 0 bridgehead atoms. The number of thiazole rings is 1. The Morgan fingerprint density at radius 1 is 1.20 bits per heavy atom. The predicted octanol–water partition coefficient (Wildman–Crippen LogP) is 5.67. The lowest BCUT2D eigenvalue weighted by Gasteiger charge is -2.26. The Bertz CT molecular complexity index is 1270. The molecule has 1 aliphatic rings. The van der Waals surface area contributed by atoms with Gasteiger partial charge >= 0.3 is 0 Å². The number of fused-ring (bicyclic) bond motifs is 1. The van der Waals surface area contributed by atoms with E-state index in [4.69, 9.17) is 0 Å². The molecule has 3 heterocycles. The van der Waals surface area contributed by atoms with Gasteiger partial charge in [-0.1, -0.05) is 36.4 Å². The molecule has 0 fully saturated rings. The number of nitrogens with zero attached hydrogens (tertiary/aromatic N) is 2. The van der Waals surface area contributed by atoms with Crippen molar-refractivity contribution in [1.29, 1.82) is 0 Å². The zero-order chi connectivity index (χ0) is 20.7. The number of rotatable bonds is 3. The second-order valence-electron chi connectivity index (χ2n) is 7.42. The normalized spacial score (nSPS) is 14.2. The highest BCUT2D eigenvalue weighted by Gasteiger charge is 2.24. The van der Waals surface area contributed by atoms with Gasteiger partial charge in [-0.15, -0.1) is 11.3 Å². The van der Waals surface area contributed by atoms with Crippen molar-refractivity contribution < 1.29 is 9.18 Å². The van der Waals surface area contributed by atoms with E-state index in [2.05, 4.69) is 16.0 Å². The standard InChI is InChI=1S/C24H20FN3OS/c1-15-22(30-23(27-15)17-5-3-2-4-6-17)24(29)28-11-9-16(10-12-28)20-14-26-21-13-18(25)7-8-19(20)21/h2-9,13-14,26H,10-12H2,1H3. The number of aromatic amines is 1. The average molecular weight is 418 g/mol. The van der Waals surface area contributed by atoms with Crippen molar-refractivity contribution >= 4 is 33.7 Å². The Morgan fingerprint density at radius 3 is 2.80 bits per heavy atom. The predicted molar refractivity (Wildman–Crippen MR) is 119 cm³/mol. The smallest absolute Gasteiger partial charge is 0.266 e. The van der Waals surface area contributed by atoms with E-state index in [1.807, 2.05) is 48.4 Å². The number of H-pyrrole nitrogens is 1. The van der Waals surface area contributed by atoms with Crippen molar-refractivity contribution in [2.45, 2.75) is 13.3 Å². The molecule has 0 saturated heterocycles. The number of aryl methyl sites for hydroxylation is 1. The van der Waals surface area contributed by atoms with Crippen LogP contribution in [0.2, 0.25) is 0 Å². The SMILES string of the molecule is Cc1nc(-c2ccccc2)sc1C(=O)N1CC=C(c2c[nH]c3cc(F)ccc23)CC1. The summed E-state index contributed by atoms with van der Waals surface area (Å²) >= 11 is 1.45. The van der Waals surface area contributed by atoms with Crippen molar-refractivity contribution in [3.63, 3.8) is 0 Å². The van der Waals surface area contributed by atoms with Gasteiger partial charge in [-0.2, -0.15) is 0 Å². The van der Waals surface area contributed by atoms with Crippen LogP contribution in [0, 0.1) is 12.7 Å². The van der Waals surface area contributed by atoms with Crippen LogP contribution in [0.4, 0.5) is 4.39 Å². The molecule has 30 heavy (non-hydrogen) atoms. The number of benzene rings is 2. The quantitative estimate of drug-likeness (QED) is 0.467. The molecule has 0 atom stereocenters. The molecular weight excluding hydrogens is 397 g/mol. The maximum atomic E-state index is 13.4. The highest BCUT2D eigenvalue weighted by Crippen LogP contribution is 2.32. The fourth-order valence-corrected chi connectivity index (χ4v) is 4.94. The Morgan fingerprint density at radius 2 is 2.03 bits per heavy atom. The third kappa shape index (κ3) is 3.33. The summed E-state index contributed by atoms with van der Waals surface area (Å²) in [6.07, 6.45) is 4.79. The van der Waals surface area contributed by atoms with E-state index in [-0.39, 0.29) is 11.7 Å². The molecule has 0 saturated carbocycles. The van der Waals surface area contributed by atoms with Gasteiger partial charge < -0.3 is 9.88 Å². The summed E-state index contributed by atoms with van der Waals surface area (Å²) in [5.41, 5.74) is 4.86. The number of carbonyl (C=O) groups excluding carboxylic acids is 1. The van der Waals surface area contributed by atoms with E-state index in [1.165, 1.54) is 29.0 Å². The Balaban J connectivity index is 1.37. The molecule has 1 aliphatic heterocycles. The molecule has 150 valence electrons. The molecule has 1 N–H and O–H groups in total. The van der Waals surface area contributed by atoms with Crippen LogP contribution in [0.1, 0.15) is 27.3 Å². The highest BCUT2D eigenvalue weighted by atomic mass is 32.1. The van der Waals surface area contributed by atoms with Gasteiger partial charge in [0.15, 0.2) is 0 Å². The maximum absolute atomic E-state index is 13.4. The Kier molecular flexibility index (Phi) is 4.71. The molecule has 0 aliphatic carbocycles. The Hall–Kier alpha value is -3.25. The van der Waals surface area contributed by atoms with E-state index in [9.17, 15) is 9.18 Å². The highest BCUT2D eigenvalue weighted by molar-refractivity contribution is 7.17. The number of amides is 1. The molecule has 0 spiro atoms. The lowest BCUT2D eigenvalue weighted by molar-refractivity contribution is 0.0777. The molecule has 0 unspecified atom stereocenters. The van der Waals surface area contributed by atoms with E-state index < -0.39 is 0 Å². The summed E-state index contributed by atoms with van der Waals surface area (Å²) in [6.45, 7) is 3.10. The first-order chi connectivity index (χ1) is 14.6. The van der Waals surface area contributed by atoms with E-state index in [0.29, 0.717) is 18.0 Å². The minimum absolute atomic E-state index is 0.0310. The zero-order valence-corrected chi connectivity index (χ0v) is 17.3.